The molecule has 0 saturated carbocycles. The fraction of sp³-hybridized carbons (Fsp3) is 0.333. The molecule has 2 aromatic rings. The minimum Gasteiger partial charge on any atom is -0.503 e. The Morgan fingerprint density at radius 1 is 1.53 bits per heavy atom. The lowest BCUT2D eigenvalue weighted by molar-refractivity contribution is -0.692. The van der Waals surface area contributed by atoms with Crippen molar-refractivity contribution in [3.05, 3.63) is 22.6 Å². The van der Waals surface area contributed by atoms with E-state index in [4.69, 9.17) is 4.74 Å². The first kappa shape index (κ1) is 10.8. The molecule has 17 heavy (non-hydrogen) atoms. The molecule has 1 aliphatic rings. The molecule has 0 spiro atoms. The predicted molar refractivity (Wildman–Crippen MR) is 66.2 cm³/mol. The largest absolute Gasteiger partial charge is 0.503 e. The lowest BCUT2D eigenvalue weighted by atomic mass is 10.2. The molecule has 0 fully saturated rings. The van der Waals surface area contributed by atoms with E-state index >= 15 is 0 Å². The Morgan fingerprint density at radius 3 is 3.12 bits per heavy atom. The van der Waals surface area contributed by atoms with Crippen LogP contribution in [0.3, 0.4) is 0 Å². The van der Waals surface area contributed by atoms with Crippen molar-refractivity contribution < 1.29 is 14.4 Å². The lowest BCUT2D eigenvalue weighted by Crippen LogP contribution is -2.33. The fourth-order valence-corrected chi connectivity index (χ4v) is 2.70. The highest BCUT2D eigenvalue weighted by Crippen LogP contribution is 2.39. The zero-order valence-electron chi connectivity index (χ0n) is 9.40. The van der Waals surface area contributed by atoms with Gasteiger partial charge in [0.25, 0.3) is 5.82 Å². The van der Waals surface area contributed by atoms with Crippen LogP contribution in [0.25, 0.3) is 10.9 Å². The summed E-state index contributed by atoms with van der Waals surface area (Å²) in [5, 5.41) is 10.9. The van der Waals surface area contributed by atoms with Gasteiger partial charge < -0.3 is 9.84 Å². The Hall–Kier alpha value is -1.36. The molecule has 0 unspecified atom stereocenters. The summed E-state index contributed by atoms with van der Waals surface area (Å²) in [5.41, 5.74) is 0.723. The number of benzene rings is 1. The van der Waals surface area contributed by atoms with Gasteiger partial charge in [-0.2, -0.15) is 0 Å². The second-order valence-corrected chi connectivity index (χ2v) is 4.99. The summed E-state index contributed by atoms with van der Waals surface area (Å²) >= 11 is 3.32. The maximum Gasteiger partial charge on any atom is 0.299 e. The van der Waals surface area contributed by atoms with Gasteiger partial charge in [-0.1, -0.05) is 0 Å². The number of aromatic hydroxyl groups is 1. The van der Waals surface area contributed by atoms with Crippen LogP contribution >= 0.6 is 15.9 Å². The molecule has 0 amide bonds. The van der Waals surface area contributed by atoms with Crippen LogP contribution < -0.4 is 9.30 Å². The number of aromatic nitrogens is 2. The number of aryl methyl sites for hydroxylation is 2. The zero-order valence-corrected chi connectivity index (χ0v) is 11.0. The van der Waals surface area contributed by atoms with Crippen molar-refractivity contribution >= 4 is 26.8 Å². The van der Waals surface area contributed by atoms with Gasteiger partial charge in [-0.05, 0) is 33.4 Å². The van der Waals surface area contributed by atoms with Crippen LogP contribution in [-0.2, 0) is 13.0 Å². The number of hydrogen-bond donors (Lipinski definition) is 1. The van der Waals surface area contributed by atoms with Crippen LogP contribution in [0.15, 0.2) is 16.7 Å². The van der Waals surface area contributed by atoms with Crippen LogP contribution in [0.5, 0.6) is 11.5 Å². The molecule has 3 rings (SSSR count). The topological polar surface area (TPSA) is 46.2 Å². The van der Waals surface area contributed by atoms with E-state index in [9.17, 15) is 5.11 Å². The number of rotatable bonds is 1. The molecular formula is C12H12BrN2O2+. The van der Waals surface area contributed by atoms with E-state index in [2.05, 4.69) is 31.7 Å². The van der Waals surface area contributed by atoms with Gasteiger partial charge in [0, 0.05) is 0 Å². The minimum atomic E-state index is 0.107. The van der Waals surface area contributed by atoms with E-state index in [1.807, 2.05) is 6.07 Å². The molecule has 0 atom stereocenters. The van der Waals surface area contributed by atoms with Gasteiger partial charge in [-0.25, -0.2) is 4.57 Å². The van der Waals surface area contributed by atoms with Crippen molar-refractivity contribution in [3.8, 4) is 11.5 Å². The van der Waals surface area contributed by atoms with Crippen molar-refractivity contribution in [2.24, 2.45) is 0 Å². The maximum absolute atomic E-state index is 9.93. The predicted octanol–water partition coefficient (Wildman–Crippen LogP) is 1.95. The highest BCUT2D eigenvalue weighted by molar-refractivity contribution is 9.10. The molecule has 1 aromatic heterocycles. The van der Waals surface area contributed by atoms with Crippen LogP contribution in [-0.4, -0.2) is 17.2 Å². The Kier molecular flexibility index (Phi) is 2.43. The number of ether oxygens (including phenoxy) is 1. The fourth-order valence-electron chi connectivity index (χ4n) is 2.27. The van der Waals surface area contributed by atoms with Gasteiger partial charge in [0.2, 0.25) is 11.3 Å². The monoisotopic (exact) mass is 295 g/mol. The molecule has 4 nitrogen and oxygen atoms in total. The second-order valence-electron chi connectivity index (χ2n) is 4.13. The van der Waals surface area contributed by atoms with Crippen molar-refractivity contribution in [2.45, 2.75) is 19.4 Å². The number of hydrogen-bond acceptors (Lipinski definition) is 3. The third-order valence-corrected chi connectivity index (χ3v) is 3.69. The van der Waals surface area contributed by atoms with Gasteiger partial charge in [0.05, 0.1) is 29.9 Å². The summed E-state index contributed by atoms with van der Waals surface area (Å²) in [5.74, 6) is 1.60. The Morgan fingerprint density at radius 2 is 2.35 bits per heavy atom. The summed E-state index contributed by atoms with van der Waals surface area (Å²) in [4.78, 5) is 4.59. The summed E-state index contributed by atoms with van der Waals surface area (Å²) in [7, 11) is 1.54. The average Bonchev–Trinajstić information content (AvgIpc) is 2.75. The third-order valence-electron chi connectivity index (χ3n) is 3.08. The minimum absolute atomic E-state index is 0.107. The van der Waals surface area contributed by atoms with Gasteiger partial charge in [0.1, 0.15) is 6.20 Å². The van der Waals surface area contributed by atoms with Crippen LogP contribution in [0.2, 0.25) is 0 Å². The van der Waals surface area contributed by atoms with Gasteiger partial charge in [-0.3, -0.25) is 0 Å². The molecule has 0 aliphatic carbocycles. The van der Waals surface area contributed by atoms with E-state index in [1.165, 1.54) is 0 Å². The molecule has 1 aromatic carbocycles. The van der Waals surface area contributed by atoms with Gasteiger partial charge in [0.15, 0.2) is 5.75 Å². The number of phenols is 1. The number of methoxy groups -OCH3 is 1. The molecule has 5 heteroatoms. The highest BCUT2D eigenvalue weighted by Gasteiger charge is 2.25. The van der Waals surface area contributed by atoms with Crippen LogP contribution in [0.4, 0.5) is 0 Å². The molecular weight excluding hydrogens is 284 g/mol. The van der Waals surface area contributed by atoms with E-state index in [0.29, 0.717) is 10.2 Å². The smallest absolute Gasteiger partial charge is 0.299 e. The highest BCUT2D eigenvalue weighted by atomic mass is 79.9. The summed E-state index contributed by atoms with van der Waals surface area (Å²) < 4.78 is 8.03. The lowest BCUT2D eigenvalue weighted by Gasteiger charge is -2.06. The zero-order chi connectivity index (χ0) is 12.0. The molecule has 1 aliphatic heterocycles. The van der Waals surface area contributed by atoms with Gasteiger partial charge in [-0.15, -0.1) is 0 Å². The normalized spacial score (nSPS) is 14.0. The molecule has 2 heterocycles. The number of nitrogens with zero attached hydrogens (tertiary/aromatic N) is 2. The Balaban J connectivity index is 2.38. The molecule has 0 bridgehead atoms. The number of phenolic OH excluding ortho intramolecular Hbond substituents is 1. The van der Waals surface area contributed by atoms with E-state index in [-0.39, 0.29) is 5.75 Å². The van der Waals surface area contributed by atoms with Crippen molar-refractivity contribution in [1.29, 1.82) is 0 Å². The van der Waals surface area contributed by atoms with Crippen LogP contribution in [0, 0.1) is 0 Å². The number of fused-ring (bicyclic) bond motifs is 2. The second kappa shape index (κ2) is 3.84. The van der Waals surface area contributed by atoms with E-state index in [1.54, 1.807) is 7.11 Å². The number of halogens is 1. The molecule has 1 N–H and O–H groups in total. The van der Waals surface area contributed by atoms with E-state index in [0.717, 1.165) is 36.1 Å². The molecule has 88 valence electrons. The quantitative estimate of drug-likeness (QED) is 0.818. The Bertz CT molecular complexity index is 613. The van der Waals surface area contributed by atoms with Crippen molar-refractivity contribution in [2.75, 3.05) is 7.11 Å². The van der Waals surface area contributed by atoms with Crippen LogP contribution in [0.1, 0.15) is 12.2 Å². The summed E-state index contributed by atoms with van der Waals surface area (Å²) in [6.45, 7) is 1.01. The first-order valence-electron chi connectivity index (χ1n) is 5.49. The van der Waals surface area contributed by atoms with E-state index < -0.39 is 0 Å². The Labute approximate surface area is 107 Å². The maximum atomic E-state index is 9.93. The first-order valence-corrected chi connectivity index (χ1v) is 6.28. The average molecular weight is 296 g/mol. The summed E-state index contributed by atoms with van der Waals surface area (Å²) in [6, 6.07) is 1.87. The summed E-state index contributed by atoms with van der Waals surface area (Å²) in [6.07, 6.45) is 4.17. The SMILES string of the molecule is COc1c(O)c(Br)cc2c[n+]3c(nc12)CCC3. The van der Waals surface area contributed by atoms with Crippen molar-refractivity contribution in [3.63, 3.8) is 0 Å². The first-order chi connectivity index (χ1) is 8.20. The standard InChI is InChI=1S/C12H11BrN2O2/c1-17-12-10-7(5-8(13)11(12)16)6-15-4-2-3-9(15)14-10/h5-6H,2-4H2,1H3/p+1. The van der Waals surface area contributed by atoms with Crippen molar-refractivity contribution in [1.82, 2.24) is 4.98 Å². The molecule has 0 saturated heterocycles. The van der Waals surface area contributed by atoms with Gasteiger partial charge >= 0.3 is 0 Å². The third kappa shape index (κ3) is 1.57. The molecule has 0 radical (unpaired) electrons.